The van der Waals surface area contributed by atoms with Gasteiger partial charge in [0, 0.05) is 11.1 Å². The van der Waals surface area contributed by atoms with E-state index in [4.69, 9.17) is 27.9 Å². The number of carbonyl (C=O) groups is 4. The van der Waals surface area contributed by atoms with Crippen molar-refractivity contribution in [3.05, 3.63) is 99.0 Å². The van der Waals surface area contributed by atoms with Gasteiger partial charge in [-0.1, -0.05) is 77.3 Å². The lowest BCUT2D eigenvalue weighted by molar-refractivity contribution is -0.127. The minimum Gasteiger partial charge on any atom is -0.349 e. The van der Waals surface area contributed by atoms with Crippen molar-refractivity contribution in [3.8, 4) is 0 Å². The zero-order valence-corrected chi connectivity index (χ0v) is 19.8. The Hall–Kier alpha value is -3.32. The van der Waals surface area contributed by atoms with E-state index in [-0.39, 0.29) is 26.9 Å². The van der Waals surface area contributed by atoms with Crippen LogP contribution in [0.5, 0.6) is 0 Å². The molecule has 35 heavy (non-hydrogen) atoms. The summed E-state index contributed by atoms with van der Waals surface area (Å²) < 4.78 is 6.26. The maximum Gasteiger partial charge on any atom is 0.241 e. The summed E-state index contributed by atoms with van der Waals surface area (Å²) in [6.07, 6.45) is -0.966. The van der Waals surface area contributed by atoms with Gasteiger partial charge in [-0.25, -0.2) is 4.90 Å². The highest BCUT2D eigenvalue weighted by molar-refractivity contribution is 6.42. The largest absolute Gasteiger partial charge is 0.349 e. The Morgan fingerprint density at radius 3 is 2.03 bits per heavy atom. The first kappa shape index (κ1) is 22.2. The van der Waals surface area contributed by atoms with Crippen LogP contribution in [-0.2, 0) is 14.3 Å². The summed E-state index contributed by atoms with van der Waals surface area (Å²) in [4.78, 5) is 56.1. The standard InChI is InChI=1S/C27H17Cl2NO5/c1-13-6-8-14(9-7-13)22-20-21(26(34)30(25(20)33)15-10-11-18(28)19(29)12-15)27(35-22)23(31)16-4-2-3-5-17(16)24(27)32/h2-12,20-22H,1H3. The molecule has 2 fully saturated rings. The number of benzene rings is 3. The van der Waals surface area contributed by atoms with Gasteiger partial charge in [0.15, 0.2) is 0 Å². The van der Waals surface area contributed by atoms with Gasteiger partial charge < -0.3 is 4.74 Å². The van der Waals surface area contributed by atoms with Gasteiger partial charge in [-0.15, -0.1) is 0 Å². The fourth-order valence-electron chi connectivity index (χ4n) is 5.45. The number of halogens is 2. The van der Waals surface area contributed by atoms with E-state index in [1.165, 1.54) is 18.2 Å². The molecule has 1 spiro atoms. The van der Waals surface area contributed by atoms with Crippen LogP contribution < -0.4 is 4.90 Å². The summed E-state index contributed by atoms with van der Waals surface area (Å²) in [6, 6.07) is 18.1. The minimum absolute atomic E-state index is 0.170. The number of ketones is 2. The first-order chi connectivity index (χ1) is 16.8. The molecule has 3 atom stereocenters. The van der Waals surface area contributed by atoms with Crippen molar-refractivity contribution >= 4 is 52.3 Å². The average molecular weight is 506 g/mol. The van der Waals surface area contributed by atoms with Gasteiger partial charge in [-0.2, -0.15) is 0 Å². The van der Waals surface area contributed by atoms with E-state index in [9.17, 15) is 19.2 Å². The van der Waals surface area contributed by atoms with Crippen LogP contribution in [-0.4, -0.2) is 29.0 Å². The highest BCUT2D eigenvalue weighted by Gasteiger charge is 2.74. The summed E-state index contributed by atoms with van der Waals surface area (Å²) in [5.41, 5.74) is 0.0858. The van der Waals surface area contributed by atoms with E-state index < -0.39 is 46.9 Å². The number of amides is 2. The van der Waals surface area contributed by atoms with Crippen LogP contribution in [0.15, 0.2) is 66.7 Å². The SMILES string of the molecule is Cc1ccc(C2OC3(C(=O)c4ccccc4C3=O)C3C(=O)N(c4ccc(Cl)c(Cl)c4)C(=O)C23)cc1. The predicted molar refractivity (Wildman–Crippen MR) is 129 cm³/mol. The third-order valence-electron chi connectivity index (χ3n) is 7.09. The minimum atomic E-state index is -2.11. The van der Waals surface area contributed by atoms with E-state index in [1.54, 1.807) is 36.4 Å². The number of hydrogen-bond donors (Lipinski definition) is 0. The number of ether oxygens (including phenoxy) is 1. The van der Waals surface area contributed by atoms with Gasteiger partial charge in [-0.05, 0) is 30.7 Å². The Labute approximate surface area is 210 Å². The van der Waals surface area contributed by atoms with Crippen molar-refractivity contribution in [3.63, 3.8) is 0 Å². The molecule has 0 bridgehead atoms. The molecular formula is C27H17Cl2NO5. The fourth-order valence-corrected chi connectivity index (χ4v) is 5.75. The monoisotopic (exact) mass is 505 g/mol. The van der Waals surface area contributed by atoms with Gasteiger partial charge >= 0.3 is 0 Å². The van der Waals surface area contributed by atoms with Crippen LogP contribution in [0.1, 0.15) is 37.9 Å². The second-order valence-corrected chi connectivity index (χ2v) is 9.82. The van der Waals surface area contributed by atoms with Crippen LogP contribution in [0.3, 0.4) is 0 Å². The number of Topliss-reactive ketones (excluding diaryl/α,β-unsaturated/α-hetero) is 2. The molecule has 3 aromatic rings. The molecule has 0 N–H and O–H groups in total. The van der Waals surface area contributed by atoms with Crippen LogP contribution in [0, 0.1) is 18.8 Å². The molecule has 2 saturated heterocycles. The molecule has 0 aromatic heterocycles. The van der Waals surface area contributed by atoms with E-state index in [2.05, 4.69) is 0 Å². The van der Waals surface area contributed by atoms with Gasteiger partial charge in [0.05, 0.1) is 33.7 Å². The molecule has 3 aromatic carbocycles. The van der Waals surface area contributed by atoms with Crippen molar-refractivity contribution in [2.45, 2.75) is 18.6 Å². The molecular weight excluding hydrogens is 489 g/mol. The number of fused-ring (bicyclic) bond motifs is 3. The van der Waals surface area contributed by atoms with Crippen molar-refractivity contribution in [1.82, 2.24) is 0 Å². The topological polar surface area (TPSA) is 80.8 Å². The Kier molecular flexibility index (Phi) is 4.81. The average Bonchev–Trinajstić information content (AvgIpc) is 3.41. The molecule has 2 aliphatic heterocycles. The lowest BCUT2D eigenvalue weighted by Gasteiger charge is -2.27. The molecule has 0 saturated carbocycles. The van der Waals surface area contributed by atoms with E-state index in [0.29, 0.717) is 5.56 Å². The smallest absolute Gasteiger partial charge is 0.241 e. The summed E-state index contributed by atoms with van der Waals surface area (Å²) in [7, 11) is 0. The fraction of sp³-hybridized carbons (Fsp3) is 0.185. The number of carbonyl (C=O) groups excluding carboxylic acids is 4. The van der Waals surface area contributed by atoms with Crippen LogP contribution in [0.4, 0.5) is 5.69 Å². The van der Waals surface area contributed by atoms with Gasteiger partial charge in [-0.3, -0.25) is 19.2 Å². The first-order valence-corrected chi connectivity index (χ1v) is 11.8. The third-order valence-corrected chi connectivity index (χ3v) is 7.83. The summed E-state index contributed by atoms with van der Waals surface area (Å²) >= 11 is 12.2. The number of anilines is 1. The predicted octanol–water partition coefficient (Wildman–Crippen LogP) is 5.00. The summed E-state index contributed by atoms with van der Waals surface area (Å²) in [5.74, 6) is -4.82. The van der Waals surface area contributed by atoms with Crippen LogP contribution in [0.25, 0.3) is 0 Å². The van der Waals surface area contributed by atoms with Crippen molar-refractivity contribution in [1.29, 1.82) is 0 Å². The quantitative estimate of drug-likeness (QED) is 0.361. The second kappa shape index (κ2) is 7.59. The number of rotatable bonds is 2. The number of aryl methyl sites for hydroxylation is 1. The number of hydrogen-bond acceptors (Lipinski definition) is 5. The van der Waals surface area contributed by atoms with Gasteiger partial charge in [0.1, 0.15) is 0 Å². The molecule has 174 valence electrons. The molecule has 2 amide bonds. The zero-order chi connectivity index (χ0) is 24.6. The molecule has 6 nitrogen and oxygen atoms in total. The molecule has 1 aliphatic carbocycles. The highest BCUT2D eigenvalue weighted by Crippen LogP contribution is 2.57. The molecule has 3 aliphatic rings. The van der Waals surface area contributed by atoms with Crippen molar-refractivity contribution in [2.24, 2.45) is 11.8 Å². The van der Waals surface area contributed by atoms with E-state index in [0.717, 1.165) is 10.5 Å². The molecule has 6 rings (SSSR count). The van der Waals surface area contributed by atoms with Crippen molar-refractivity contribution < 1.29 is 23.9 Å². The number of imide groups is 1. The molecule has 3 unspecified atom stereocenters. The zero-order valence-electron chi connectivity index (χ0n) is 18.3. The van der Waals surface area contributed by atoms with Crippen molar-refractivity contribution in [2.75, 3.05) is 4.90 Å². The van der Waals surface area contributed by atoms with E-state index in [1.807, 2.05) is 19.1 Å². The Bertz CT molecular complexity index is 1430. The Morgan fingerprint density at radius 1 is 0.800 bits per heavy atom. The maximum absolute atomic E-state index is 13.9. The molecule has 0 radical (unpaired) electrons. The summed E-state index contributed by atoms with van der Waals surface area (Å²) in [5, 5.41) is 0.437. The van der Waals surface area contributed by atoms with Gasteiger partial charge in [0.2, 0.25) is 29.0 Å². The molecule has 2 heterocycles. The maximum atomic E-state index is 13.9. The second-order valence-electron chi connectivity index (χ2n) is 9.00. The summed E-state index contributed by atoms with van der Waals surface area (Å²) in [6.45, 7) is 1.92. The highest BCUT2D eigenvalue weighted by atomic mass is 35.5. The van der Waals surface area contributed by atoms with E-state index >= 15 is 0 Å². The van der Waals surface area contributed by atoms with Crippen LogP contribution >= 0.6 is 23.2 Å². The van der Waals surface area contributed by atoms with Crippen LogP contribution in [0.2, 0.25) is 10.0 Å². The first-order valence-electron chi connectivity index (χ1n) is 11.0. The normalized spacial score (nSPS) is 24.4. The van der Waals surface area contributed by atoms with Gasteiger partial charge in [0.25, 0.3) is 0 Å². The third kappa shape index (κ3) is 2.88. The lowest BCUT2D eigenvalue weighted by Crippen LogP contribution is -2.51. The molecule has 8 heteroatoms. The number of nitrogens with zero attached hydrogens (tertiary/aromatic N) is 1. The Morgan fingerprint density at radius 2 is 1.43 bits per heavy atom. The Balaban J connectivity index is 1.54. The lowest BCUT2D eigenvalue weighted by atomic mass is 9.77.